The number of esters is 1. The first kappa shape index (κ1) is 14.9. The molecule has 6 rings (SSSR count). The van der Waals surface area contributed by atoms with Gasteiger partial charge in [0.2, 0.25) is 11.8 Å². The normalized spacial score (nSPS) is 37.1. The maximum absolute atomic E-state index is 13.1. The first-order chi connectivity index (χ1) is 12.1. The first-order valence-electron chi connectivity index (χ1n) is 8.95. The van der Waals surface area contributed by atoms with E-state index in [4.69, 9.17) is 4.74 Å². The second-order valence-corrected chi connectivity index (χ2v) is 7.44. The van der Waals surface area contributed by atoms with Crippen molar-refractivity contribution >= 4 is 23.5 Å². The Morgan fingerprint density at radius 2 is 1.76 bits per heavy atom. The predicted molar refractivity (Wildman–Crippen MR) is 89.6 cm³/mol. The van der Waals surface area contributed by atoms with E-state index in [0.29, 0.717) is 23.1 Å². The lowest BCUT2D eigenvalue weighted by molar-refractivity contribution is -0.124. The fourth-order valence-corrected chi connectivity index (χ4v) is 5.20. The quantitative estimate of drug-likeness (QED) is 0.483. The number of amides is 2. The monoisotopic (exact) mass is 337 g/mol. The Morgan fingerprint density at radius 3 is 2.36 bits per heavy atom. The van der Waals surface area contributed by atoms with Crippen molar-refractivity contribution in [2.45, 2.75) is 13.3 Å². The average Bonchev–Trinajstić information content (AvgIpc) is 3.39. The molecule has 1 aromatic rings. The highest BCUT2D eigenvalue weighted by Gasteiger charge is 2.67. The van der Waals surface area contributed by atoms with Crippen molar-refractivity contribution < 1.29 is 19.1 Å². The second-order valence-electron chi connectivity index (χ2n) is 7.44. The van der Waals surface area contributed by atoms with E-state index in [1.54, 1.807) is 31.2 Å². The van der Waals surface area contributed by atoms with Crippen LogP contribution in [0.2, 0.25) is 0 Å². The van der Waals surface area contributed by atoms with E-state index in [9.17, 15) is 14.4 Å². The number of hydrogen-bond acceptors (Lipinski definition) is 4. The summed E-state index contributed by atoms with van der Waals surface area (Å²) in [6.45, 7) is 2.03. The van der Waals surface area contributed by atoms with Gasteiger partial charge in [0.15, 0.2) is 0 Å². The van der Waals surface area contributed by atoms with Crippen molar-refractivity contribution in [3.05, 3.63) is 42.0 Å². The number of rotatable bonds is 3. The number of anilines is 1. The minimum Gasteiger partial charge on any atom is -0.462 e. The van der Waals surface area contributed by atoms with Gasteiger partial charge in [-0.1, -0.05) is 18.2 Å². The van der Waals surface area contributed by atoms with Crippen molar-refractivity contribution in [1.82, 2.24) is 0 Å². The summed E-state index contributed by atoms with van der Waals surface area (Å²) in [6.07, 6.45) is 5.46. The molecule has 1 aromatic carbocycles. The summed E-state index contributed by atoms with van der Waals surface area (Å²) < 4.78 is 5.02. The Bertz CT molecular complexity index is 793. The van der Waals surface area contributed by atoms with Crippen LogP contribution in [0.5, 0.6) is 0 Å². The molecule has 6 atom stereocenters. The van der Waals surface area contributed by atoms with Crippen LogP contribution in [0.15, 0.2) is 36.4 Å². The number of imide groups is 1. The summed E-state index contributed by atoms with van der Waals surface area (Å²) in [5.41, 5.74) is 0.835. The van der Waals surface area contributed by atoms with Crippen LogP contribution < -0.4 is 4.90 Å². The molecule has 2 saturated carbocycles. The molecule has 1 saturated heterocycles. The molecule has 0 unspecified atom stereocenters. The van der Waals surface area contributed by atoms with Crippen LogP contribution in [0.25, 0.3) is 0 Å². The lowest BCUT2D eigenvalue weighted by Crippen LogP contribution is -2.40. The van der Waals surface area contributed by atoms with Gasteiger partial charge in [0.05, 0.1) is 29.7 Å². The number of benzene rings is 1. The third kappa shape index (κ3) is 1.92. The summed E-state index contributed by atoms with van der Waals surface area (Å²) in [6, 6.07) is 6.63. The van der Waals surface area contributed by atoms with E-state index in [0.717, 1.165) is 6.42 Å². The van der Waals surface area contributed by atoms with Crippen molar-refractivity contribution in [3.8, 4) is 0 Å². The SMILES string of the molecule is CCOC(=O)c1cccc(N2C(=O)[C@H]3[C@@H]4C=C[C@H]([C@@H]5C[C@H]45)[C@@H]3C2=O)c1. The van der Waals surface area contributed by atoms with Crippen molar-refractivity contribution in [1.29, 1.82) is 0 Å². The molecule has 5 aliphatic rings. The highest BCUT2D eigenvalue weighted by Crippen LogP contribution is 2.65. The fourth-order valence-electron chi connectivity index (χ4n) is 5.20. The molecule has 2 amide bonds. The van der Waals surface area contributed by atoms with Crippen molar-refractivity contribution in [3.63, 3.8) is 0 Å². The van der Waals surface area contributed by atoms with E-state index in [1.807, 2.05) is 0 Å². The van der Waals surface area contributed by atoms with E-state index in [1.165, 1.54) is 4.90 Å². The summed E-state index contributed by atoms with van der Waals surface area (Å²) in [4.78, 5) is 39.4. The summed E-state index contributed by atoms with van der Waals surface area (Å²) >= 11 is 0. The Morgan fingerprint density at radius 1 is 1.12 bits per heavy atom. The van der Waals surface area contributed by atoms with Gasteiger partial charge in [0.1, 0.15) is 0 Å². The van der Waals surface area contributed by atoms with E-state index in [2.05, 4.69) is 12.2 Å². The van der Waals surface area contributed by atoms with Crippen molar-refractivity contribution in [2.24, 2.45) is 35.5 Å². The van der Waals surface area contributed by atoms with Gasteiger partial charge >= 0.3 is 5.97 Å². The van der Waals surface area contributed by atoms with Gasteiger partial charge in [0, 0.05) is 0 Å². The maximum atomic E-state index is 13.1. The topological polar surface area (TPSA) is 63.7 Å². The van der Waals surface area contributed by atoms with Crippen LogP contribution in [-0.2, 0) is 14.3 Å². The molecule has 0 aromatic heterocycles. The largest absolute Gasteiger partial charge is 0.462 e. The molecule has 0 N–H and O–H groups in total. The van der Waals surface area contributed by atoms with E-state index in [-0.39, 0.29) is 42.1 Å². The van der Waals surface area contributed by atoms with Gasteiger partial charge in [0.25, 0.3) is 0 Å². The minimum absolute atomic E-state index is 0.110. The third-order valence-corrected chi connectivity index (χ3v) is 6.28. The molecule has 4 aliphatic carbocycles. The first-order valence-corrected chi connectivity index (χ1v) is 8.95. The zero-order valence-electron chi connectivity index (χ0n) is 13.9. The van der Waals surface area contributed by atoms with E-state index >= 15 is 0 Å². The molecule has 0 spiro atoms. The van der Waals surface area contributed by atoms with Gasteiger partial charge in [-0.25, -0.2) is 9.69 Å². The lowest BCUT2D eigenvalue weighted by Gasteiger charge is -2.37. The van der Waals surface area contributed by atoms with Crippen LogP contribution >= 0.6 is 0 Å². The molecular formula is C20H19NO4. The van der Waals surface area contributed by atoms with Gasteiger partial charge in [-0.2, -0.15) is 0 Å². The minimum atomic E-state index is -0.441. The molecule has 2 bridgehead atoms. The molecule has 1 heterocycles. The Balaban J connectivity index is 1.50. The van der Waals surface area contributed by atoms with Gasteiger partial charge in [-0.15, -0.1) is 0 Å². The van der Waals surface area contributed by atoms with Gasteiger partial charge < -0.3 is 4.74 Å². The van der Waals surface area contributed by atoms with Gasteiger partial charge in [-0.3, -0.25) is 9.59 Å². The van der Waals surface area contributed by atoms with Gasteiger partial charge in [-0.05, 0) is 55.2 Å². The molecule has 5 nitrogen and oxygen atoms in total. The standard InChI is InChI=1S/C20H19NO4/c1-2-25-20(24)10-4-3-5-11(8-10)21-18(22)16-12-6-7-13(15-9-14(12)15)17(16)19(21)23/h3-8,12-17H,2,9H2,1H3/t12-,13-,14-,15+,16+,17+/m1/s1. The Hall–Kier alpha value is -2.43. The number of carbonyl (C=O) groups excluding carboxylic acids is 3. The number of hydrogen-bond donors (Lipinski definition) is 0. The van der Waals surface area contributed by atoms with Crippen LogP contribution in [-0.4, -0.2) is 24.4 Å². The summed E-state index contributed by atoms with van der Waals surface area (Å²) in [5.74, 6) is 0.460. The van der Waals surface area contributed by atoms with E-state index < -0.39 is 5.97 Å². The van der Waals surface area contributed by atoms with Crippen LogP contribution in [0.3, 0.4) is 0 Å². The molecular weight excluding hydrogens is 318 g/mol. The predicted octanol–water partition coefficient (Wildman–Crippen LogP) is 2.42. The molecule has 5 heteroatoms. The molecule has 128 valence electrons. The van der Waals surface area contributed by atoms with Crippen LogP contribution in [0, 0.1) is 35.5 Å². The maximum Gasteiger partial charge on any atom is 0.338 e. The summed E-state index contributed by atoms with van der Waals surface area (Å²) in [5, 5.41) is 0. The molecule has 3 fully saturated rings. The molecule has 25 heavy (non-hydrogen) atoms. The number of nitrogens with zero attached hydrogens (tertiary/aromatic N) is 1. The van der Waals surface area contributed by atoms with Crippen LogP contribution in [0.4, 0.5) is 5.69 Å². The lowest BCUT2D eigenvalue weighted by atomic mass is 9.63. The highest BCUT2D eigenvalue weighted by molar-refractivity contribution is 6.22. The Labute approximate surface area is 145 Å². The zero-order valence-corrected chi connectivity index (χ0v) is 13.9. The molecule has 1 aliphatic heterocycles. The second kappa shape index (κ2) is 5.04. The third-order valence-electron chi connectivity index (χ3n) is 6.28. The summed E-state index contributed by atoms with van der Waals surface area (Å²) in [7, 11) is 0. The van der Waals surface area contributed by atoms with Crippen LogP contribution in [0.1, 0.15) is 23.7 Å². The molecule has 0 radical (unpaired) electrons. The average molecular weight is 337 g/mol. The fraction of sp³-hybridized carbons (Fsp3) is 0.450. The smallest absolute Gasteiger partial charge is 0.338 e. The zero-order chi connectivity index (χ0) is 17.3. The number of ether oxygens (including phenoxy) is 1. The number of allylic oxidation sites excluding steroid dienone is 2. The number of carbonyl (C=O) groups is 3. The highest BCUT2D eigenvalue weighted by atomic mass is 16.5. The Kier molecular flexibility index (Phi) is 3.00. The van der Waals surface area contributed by atoms with Crippen molar-refractivity contribution in [2.75, 3.05) is 11.5 Å².